The molecule has 3 fully saturated rings. The van der Waals surface area contributed by atoms with Gasteiger partial charge in [0, 0.05) is 31.6 Å². The second-order valence-corrected chi connectivity index (χ2v) is 9.66. The molecule has 3 aliphatic rings. The third-order valence-electron chi connectivity index (χ3n) is 6.42. The van der Waals surface area contributed by atoms with Crippen molar-refractivity contribution in [1.29, 1.82) is 0 Å². The van der Waals surface area contributed by atoms with Gasteiger partial charge in [-0.1, -0.05) is 0 Å². The number of nitrogens with zero attached hydrogens (tertiary/aromatic N) is 1. The molecule has 0 aromatic rings. The Hall–Kier alpha value is -2.43. The largest absolute Gasteiger partial charge is 0.378 e. The Morgan fingerprint density at radius 2 is 2.00 bits per heavy atom. The Kier molecular flexibility index (Phi) is 6.97. The molecule has 2 heterocycles. The number of hydrogen-bond acceptors (Lipinski definition) is 6. The monoisotopic (exact) mass is 446 g/mol. The van der Waals surface area contributed by atoms with Crippen LogP contribution in [0.4, 0.5) is 0 Å². The van der Waals surface area contributed by atoms with E-state index in [9.17, 15) is 24.0 Å². The molecule has 1 spiro atoms. The third kappa shape index (κ3) is 5.68. The first-order valence-electron chi connectivity index (χ1n) is 11.0. The lowest BCUT2D eigenvalue weighted by Gasteiger charge is -2.27. The summed E-state index contributed by atoms with van der Waals surface area (Å²) in [5, 5.41) is 7.76. The number of hydrogen-bond donors (Lipinski definition) is 3. The number of nitrogens with one attached hydrogen (secondary N) is 3. The van der Waals surface area contributed by atoms with Gasteiger partial charge in [-0.05, 0) is 51.4 Å². The maximum absolute atomic E-state index is 13.2. The van der Waals surface area contributed by atoms with Crippen LogP contribution in [0.2, 0.25) is 0 Å². The van der Waals surface area contributed by atoms with Crippen molar-refractivity contribution in [3.63, 3.8) is 0 Å². The first kappa shape index (κ1) is 24.2. The second kappa shape index (κ2) is 9.21. The molecular formula is C21H31BN4O6. The van der Waals surface area contributed by atoms with Crippen LogP contribution in [0.1, 0.15) is 46.0 Å². The Morgan fingerprint density at radius 1 is 1.31 bits per heavy atom. The van der Waals surface area contributed by atoms with Crippen molar-refractivity contribution >= 4 is 37.3 Å². The maximum Gasteiger partial charge on any atom is 0.312 e. The molecule has 0 bridgehead atoms. The van der Waals surface area contributed by atoms with Crippen molar-refractivity contribution in [2.75, 3.05) is 26.7 Å². The molecule has 0 aromatic carbocycles. The molecule has 3 atom stereocenters. The number of carbonyl (C=O) groups excluding carboxylic acids is 5. The highest BCUT2D eigenvalue weighted by Gasteiger charge is 2.56. The highest BCUT2D eigenvalue weighted by Crippen LogP contribution is 2.54. The summed E-state index contributed by atoms with van der Waals surface area (Å²) in [4.78, 5) is 63.9. The highest BCUT2D eigenvalue weighted by atomic mass is 16.5. The lowest BCUT2D eigenvalue weighted by Crippen LogP contribution is -2.54. The molecule has 3 rings (SSSR count). The van der Waals surface area contributed by atoms with Gasteiger partial charge in [-0.2, -0.15) is 0 Å². The molecule has 4 amide bonds. The number of Topliss-reactive ketones (excluding diaryl/α,β-unsaturated/α-hetero) is 1. The molecule has 10 nitrogen and oxygen atoms in total. The number of ketones is 1. The van der Waals surface area contributed by atoms with Crippen molar-refractivity contribution < 1.29 is 28.7 Å². The molecule has 11 heteroatoms. The van der Waals surface area contributed by atoms with Gasteiger partial charge in [0.1, 0.15) is 20.5 Å². The van der Waals surface area contributed by atoms with Crippen LogP contribution in [0, 0.1) is 11.3 Å². The minimum absolute atomic E-state index is 0.131. The zero-order valence-corrected chi connectivity index (χ0v) is 18.9. The van der Waals surface area contributed by atoms with Gasteiger partial charge in [-0.3, -0.25) is 24.0 Å². The molecule has 1 aliphatic carbocycles. The fourth-order valence-electron chi connectivity index (χ4n) is 4.33. The second-order valence-electron chi connectivity index (χ2n) is 9.66. The lowest BCUT2D eigenvalue weighted by atomic mass is 9.85. The standard InChI is InChI=1S/C21H31BN4O6/c1-20(2,22)32-10-15(27)13(8-12-4-7-24-16(12)28)25-17(29)14-9-21(5-6-21)11-26(14)19(31)18(30)23-3/h12-14H,4-11H2,1-3H3,(H,23,30)(H,24,28)(H,25,29)/t12-,13-,14-/m0/s1. The first-order valence-corrected chi connectivity index (χ1v) is 11.0. The van der Waals surface area contributed by atoms with Crippen molar-refractivity contribution in [3.05, 3.63) is 0 Å². The molecule has 2 radical (unpaired) electrons. The van der Waals surface area contributed by atoms with Crippen molar-refractivity contribution in [3.8, 4) is 0 Å². The van der Waals surface area contributed by atoms with Crippen molar-refractivity contribution in [2.24, 2.45) is 11.3 Å². The van der Waals surface area contributed by atoms with E-state index in [1.165, 1.54) is 11.9 Å². The molecular weight excluding hydrogens is 415 g/mol. The van der Waals surface area contributed by atoms with Gasteiger partial charge >= 0.3 is 11.8 Å². The minimum Gasteiger partial charge on any atom is -0.378 e. The zero-order valence-electron chi connectivity index (χ0n) is 18.9. The number of amides is 4. The molecule has 0 aromatic heterocycles. The highest BCUT2D eigenvalue weighted by molar-refractivity contribution is 6.35. The van der Waals surface area contributed by atoms with Gasteiger partial charge in [0.15, 0.2) is 5.78 Å². The summed E-state index contributed by atoms with van der Waals surface area (Å²) < 4.78 is 5.38. The summed E-state index contributed by atoms with van der Waals surface area (Å²) in [6, 6.07) is -1.81. The molecule has 1 saturated carbocycles. The van der Waals surface area contributed by atoms with E-state index in [4.69, 9.17) is 12.6 Å². The number of carbonyl (C=O) groups is 5. The number of rotatable bonds is 8. The Morgan fingerprint density at radius 3 is 2.53 bits per heavy atom. The molecule has 0 unspecified atom stereocenters. The van der Waals surface area contributed by atoms with E-state index in [-0.39, 0.29) is 24.3 Å². The summed E-state index contributed by atoms with van der Waals surface area (Å²) in [6.07, 6.45) is 2.91. The summed E-state index contributed by atoms with van der Waals surface area (Å²) in [7, 11) is 7.15. The van der Waals surface area contributed by atoms with E-state index in [1.807, 2.05) is 0 Å². The Bertz CT molecular complexity index is 807. The van der Waals surface area contributed by atoms with E-state index >= 15 is 0 Å². The summed E-state index contributed by atoms with van der Waals surface area (Å²) >= 11 is 0. The molecule has 32 heavy (non-hydrogen) atoms. The maximum atomic E-state index is 13.2. The van der Waals surface area contributed by atoms with Crippen LogP contribution in [-0.2, 0) is 28.7 Å². The van der Waals surface area contributed by atoms with Crippen molar-refractivity contribution in [2.45, 2.75) is 63.5 Å². The van der Waals surface area contributed by atoms with Crippen LogP contribution in [0.3, 0.4) is 0 Å². The van der Waals surface area contributed by atoms with E-state index in [0.29, 0.717) is 25.9 Å². The fourth-order valence-corrected chi connectivity index (χ4v) is 4.33. The molecule has 2 saturated heterocycles. The normalized spacial score (nSPS) is 24.7. The van der Waals surface area contributed by atoms with E-state index in [0.717, 1.165) is 12.8 Å². The van der Waals surface area contributed by atoms with Crippen molar-refractivity contribution in [1.82, 2.24) is 20.9 Å². The average molecular weight is 446 g/mol. The zero-order chi connectivity index (χ0) is 23.7. The predicted molar refractivity (Wildman–Crippen MR) is 114 cm³/mol. The number of likely N-dealkylation sites (tertiary alicyclic amines) is 1. The van der Waals surface area contributed by atoms with Crippen LogP contribution < -0.4 is 16.0 Å². The number of ether oxygens (including phenoxy) is 1. The van der Waals surface area contributed by atoms with E-state index in [2.05, 4.69) is 16.0 Å². The smallest absolute Gasteiger partial charge is 0.312 e. The molecule has 174 valence electrons. The van der Waals surface area contributed by atoms with Gasteiger partial charge in [0.05, 0.1) is 6.04 Å². The van der Waals surface area contributed by atoms with Crippen LogP contribution in [0.5, 0.6) is 0 Å². The molecule has 2 aliphatic heterocycles. The summed E-state index contributed by atoms with van der Waals surface area (Å²) in [5.41, 5.74) is -1.17. The van der Waals surface area contributed by atoms with Crippen LogP contribution in [0.25, 0.3) is 0 Å². The van der Waals surface area contributed by atoms with Gasteiger partial charge in [0.25, 0.3) is 0 Å². The van der Waals surface area contributed by atoms with E-state index in [1.54, 1.807) is 13.8 Å². The molecule has 3 N–H and O–H groups in total. The summed E-state index contributed by atoms with van der Waals surface area (Å²) in [5.74, 6) is -3.02. The lowest BCUT2D eigenvalue weighted by molar-refractivity contribution is -0.148. The number of likely N-dealkylation sites (N-methyl/N-ethyl adjacent to an activating group) is 1. The predicted octanol–water partition coefficient (Wildman–Crippen LogP) is -1.39. The van der Waals surface area contributed by atoms with Gasteiger partial charge in [-0.15, -0.1) is 0 Å². The average Bonchev–Trinajstić information content (AvgIpc) is 3.19. The van der Waals surface area contributed by atoms with E-state index < -0.39 is 47.0 Å². The van der Waals surface area contributed by atoms with Crippen LogP contribution in [0.15, 0.2) is 0 Å². The SMILES string of the molecule is [B]C(C)(C)OCC(=O)[C@H](C[C@@H]1CCNC1=O)NC(=O)[C@@H]1CC2(CC2)CN1C(=O)C(=O)NC. The quantitative estimate of drug-likeness (QED) is 0.311. The van der Waals surface area contributed by atoms with Crippen LogP contribution >= 0.6 is 0 Å². The topological polar surface area (TPSA) is 134 Å². The van der Waals surface area contributed by atoms with Gasteiger partial charge in [-0.25, -0.2) is 0 Å². The van der Waals surface area contributed by atoms with Gasteiger partial charge < -0.3 is 25.6 Å². The summed E-state index contributed by atoms with van der Waals surface area (Å²) in [6.45, 7) is 3.75. The van der Waals surface area contributed by atoms with Crippen LogP contribution in [-0.4, -0.2) is 86.5 Å². The van der Waals surface area contributed by atoms with Gasteiger partial charge in [0.2, 0.25) is 11.8 Å². The first-order chi connectivity index (χ1) is 14.9. The Labute approximate surface area is 189 Å². The minimum atomic E-state index is -1.03. The third-order valence-corrected chi connectivity index (χ3v) is 6.42. The fraction of sp³-hybridized carbons (Fsp3) is 0.762. The Balaban J connectivity index is 1.73.